The Balaban J connectivity index is 2.16. The molecule has 0 fully saturated rings. The van der Waals surface area contributed by atoms with E-state index in [9.17, 15) is 4.79 Å². The topological polar surface area (TPSA) is 68.0 Å². The standard InChI is InChI=1S/C16H21N3O2/c1-10(2)8-14(16-19-18-12(4)21-16)17-15(20)13-7-5-6-11(3)9-13/h5-7,9-10,14H,8H2,1-4H3,(H,17,20). The number of nitrogens with zero attached hydrogens (tertiary/aromatic N) is 2. The van der Waals surface area contributed by atoms with E-state index in [1.54, 1.807) is 13.0 Å². The van der Waals surface area contributed by atoms with Crippen molar-refractivity contribution in [3.8, 4) is 0 Å². The Morgan fingerprint density at radius 2 is 2.05 bits per heavy atom. The fourth-order valence-corrected chi connectivity index (χ4v) is 2.17. The van der Waals surface area contributed by atoms with Crippen LogP contribution in [0, 0.1) is 19.8 Å². The van der Waals surface area contributed by atoms with Crippen LogP contribution >= 0.6 is 0 Å². The molecular weight excluding hydrogens is 266 g/mol. The molecule has 0 saturated heterocycles. The summed E-state index contributed by atoms with van der Waals surface area (Å²) in [6, 6.07) is 7.23. The molecule has 0 bridgehead atoms. The summed E-state index contributed by atoms with van der Waals surface area (Å²) in [5.41, 5.74) is 1.69. The molecule has 1 unspecified atom stereocenters. The summed E-state index contributed by atoms with van der Waals surface area (Å²) >= 11 is 0. The third kappa shape index (κ3) is 4.15. The molecule has 0 aliphatic heterocycles. The monoisotopic (exact) mass is 287 g/mol. The van der Waals surface area contributed by atoms with Crippen LogP contribution in [0.25, 0.3) is 0 Å². The van der Waals surface area contributed by atoms with Gasteiger partial charge in [-0.3, -0.25) is 4.79 Å². The van der Waals surface area contributed by atoms with E-state index < -0.39 is 0 Å². The first kappa shape index (κ1) is 15.2. The van der Waals surface area contributed by atoms with Gasteiger partial charge in [0.15, 0.2) is 0 Å². The van der Waals surface area contributed by atoms with Gasteiger partial charge in [-0.1, -0.05) is 31.5 Å². The van der Waals surface area contributed by atoms with Crippen LogP contribution in [0.5, 0.6) is 0 Å². The summed E-state index contributed by atoms with van der Waals surface area (Å²) in [7, 11) is 0. The van der Waals surface area contributed by atoms with Crippen molar-refractivity contribution in [1.82, 2.24) is 15.5 Å². The highest BCUT2D eigenvalue weighted by atomic mass is 16.4. The molecule has 1 amide bonds. The average molecular weight is 287 g/mol. The SMILES string of the molecule is Cc1cccc(C(=O)NC(CC(C)C)c2nnc(C)o2)c1. The minimum absolute atomic E-state index is 0.125. The molecule has 0 aliphatic rings. The van der Waals surface area contributed by atoms with Crippen LogP contribution in [0.15, 0.2) is 28.7 Å². The van der Waals surface area contributed by atoms with E-state index in [1.807, 2.05) is 25.1 Å². The van der Waals surface area contributed by atoms with E-state index in [0.717, 1.165) is 12.0 Å². The van der Waals surface area contributed by atoms with Crippen molar-refractivity contribution in [1.29, 1.82) is 0 Å². The zero-order valence-electron chi connectivity index (χ0n) is 12.9. The molecule has 2 rings (SSSR count). The number of carbonyl (C=O) groups excluding carboxylic acids is 1. The molecule has 5 nitrogen and oxygen atoms in total. The molecule has 0 spiro atoms. The zero-order valence-corrected chi connectivity index (χ0v) is 12.9. The van der Waals surface area contributed by atoms with E-state index in [2.05, 4.69) is 29.4 Å². The first-order valence-electron chi connectivity index (χ1n) is 7.13. The summed E-state index contributed by atoms with van der Waals surface area (Å²) in [4.78, 5) is 12.4. The van der Waals surface area contributed by atoms with Gasteiger partial charge >= 0.3 is 0 Å². The van der Waals surface area contributed by atoms with E-state index >= 15 is 0 Å². The van der Waals surface area contributed by atoms with Crippen LogP contribution < -0.4 is 5.32 Å². The van der Waals surface area contributed by atoms with Crippen molar-refractivity contribution in [2.24, 2.45) is 5.92 Å². The first-order chi connectivity index (χ1) is 9.95. The predicted molar refractivity (Wildman–Crippen MR) is 79.9 cm³/mol. The van der Waals surface area contributed by atoms with Gasteiger partial charge in [-0.05, 0) is 31.4 Å². The Kier molecular flexibility index (Phi) is 4.73. The van der Waals surface area contributed by atoms with Crippen molar-refractivity contribution in [2.75, 3.05) is 0 Å². The number of aryl methyl sites for hydroxylation is 2. The van der Waals surface area contributed by atoms with Gasteiger partial charge in [0, 0.05) is 12.5 Å². The largest absolute Gasteiger partial charge is 0.423 e. The van der Waals surface area contributed by atoms with Gasteiger partial charge in [-0.25, -0.2) is 0 Å². The van der Waals surface area contributed by atoms with E-state index in [0.29, 0.717) is 23.3 Å². The van der Waals surface area contributed by atoms with E-state index in [4.69, 9.17) is 4.42 Å². The molecule has 2 aromatic rings. The van der Waals surface area contributed by atoms with Gasteiger partial charge in [-0.15, -0.1) is 10.2 Å². The molecule has 21 heavy (non-hydrogen) atoms. The lowest BCUT2D eigenvalue weighted by molar-refractivity contribution is 0.0924. The number of carbonyl (C=O) groups is 1. The highest BCUT2D eigenvalue weighted by Gasteiger charge is 2.22. The van der Waals surface area contributed by atoms with Crippen LogP contribution in [0.3, 0.4) is 0 Å². The number of benzene rings is 1. The second-order valence-electron chi connectivity index (χ2n) is 5.68. The van der Waals surface area contributed by atoms with Crippen LogP contribution in [0.1, 0.15) is 54.0 Å². The Morgan fingerprint density at radius 1 is 1.29 bits per heavy atom. The maximum atomic E-state index is 12.4. The summed E-state index contributed by atoms with van der Waals surface area (Å²) in [5.74, 6) is 1.24. The zero-order chi connectivity index (χ0) is 15.4. The minimum Gasteiger partial charge on any atom is -0.423 e. The lowest BCUT2D eigenvalue weighted by atomic mass is 10.0. The first-order valence-corrected chi connectivity index (χ1v) is 7.13. The highest BCUT2D eigenvalue weighted by molar-refractivity contribution is 5.94. The number of amides is 1. The van der Waals surface area contributed by atoms with Gasteiger partial charge in [0.1, 0.15) is 6.04 Å². The fourth-order valence-electron chi connectivity index (χ4n) is 2.17. The van der Waals surface area contributed by atoms with Crippen molar-refractivity contribution < 1.29 is 9.21 Å². The second kappa shape index (κ2) is 6.52. The molecule has 1 N–H and O–H groups in total. The van der Waals surface area contributed by atoms with Gasteiger partial charge in [0.05, 0.1) is 0 Å². The summed E-state index contributed by atoms with van der Waals surface area (Å²) in [5, 5.41) is 10.9. The fraction of sp³-hybridized carbons (Fsp3) is 0.438. The molecular formula is C16H21N3O2. The Hall–Kier alpha value is -2.17. The lowest BCUT2D eigenvalue weighted by Gasteiger charge is -2.17. The maximum Gasteiger partial charge on any atom is 0.251 e. The molecule has 1 aromatic heterocycles. The molecule has 1 heterocycles. The lowest BCUT2D eigenvalue weighted by Crippen LogP contribution is -2.29. The smallest absolute Gasteiger partial charge is 0.251 e. The highest BCUT2D eigenvalue weighted by Crippen LogP contribution is 2.21. The third-order valence-corrected chi connectivity index (χ3v) is 3.13. The molecule has 1 aromatic carbocycles. The van der Waals surface area contributed by atoms with E-state index in [1.165, 1.54) is 0 Å². The Labute approximate surface area is 124 Å². The maximum absolute atomic E-state index is 12.4. The molecule has 0 saturated carbocycles. The molecule has 0 aliphatic carbocycles. The number of hydrogen-bond donors (Lipinski definition) is 1. The normalized spacial score (nSPS) is 12.4. The van der Waals surface area contributed by atoms with Crippen LogP contribution in [-0.2, 0) is 0 Å². The second-order valence-corrected chi connectivity index (χ2v) is 5.68. The van der Waals surface area contributed by atoms with Gasteiger partial charge in [0.2, 0.25) is 11.8 Å². The van der Waals surface area contributed by atoms with Crippen LogP contribution in [0.4, 0.5) is 0 Å². The van der Waals surface area contributed by atoms with E-state index in [-0.39, 0.29) is 11.9 Å². The summed E-state index contributed by atoms with van der Waals surface area (Å²) in [6.45, 7) is 7.89. The Morgan fingerprint density at radius 3 is 2.62 bits per heavy atom. The minimum atomic E-state index is -0.265. The number of nitrogens with one attached hydrogen (secondary N) is 1. The number of aromatic nitrogens is 2. The van der Waals surface area contributed by atoms with Crippen molar-refractivity contribution in [2.45, 2.75) is 40.2 Å². The number of hydrogen-bond acceptors (Lipinski definition) is 4. The molecule has 1 atom stereocenters. The van der Waals surface area contributed by atoms with Crippen molar-refractivity contribution in [3.63, 3.8) is 0 Å². The summed E-state index contributed by atoms with van der Waals surface area (Å²) in [6.07, 6.45) is 0.749. The van der Waals surface area contributed by atoms with Crippen molar-refractivity contribution >= 4 is 5.91 Å². The Bertz CT molecular complexity index is 619. The van der Waals surface area contributed by atoms with Gasteiger partial charge < -0.3 is 9.73 Å². The average Bonchev–Trinajstić information content (AvgIpc) is 2.84. The molecule has 0 radical (unpaired) electrons. The quantitative estimate of drug-likeness (QED) is 0.917. The number of rotatable bonds is 5. The van der Waals surface area contributed by atoms with Gasteiger partial charge in [-0.2, -0.15) is 0 Å². The van der Waals surface area contributed by atoms with Gasteiger partial charge in [0.25, 0.3) is 5.91 Å². The van der Waals surface area contributed by atoms with Crippen molar-refractivity contribution in [3.05, 3.63) is 47.2 Å². The predicted octanol–water partition coefficient (Wildman–Crippen LogP) is 3.20. The third-order valence-electron chi connectivity index (χ3n) is 3.13. The summed E-state index contributed by atoms with van der Waals surface area (Å²) < 4.78 is 5.47. The van der Waals surface area contributed by atoms with Crippen LogP contribution in [-0.4, -0.2) is 16.1 Å². The molecule has 112 valence electrons. The molecule has 5 heteroatoms. The van der Waals surface area contributed by atoms with Crippen LogP contribution in [0.2, 0.25) is 0 Å².